The molecule has 2 aromatic rings. The average molecular weight is 291 g/mol. The first-order valence-corrected chi connectivity index (χ1v) is 6.96. The Labute approximate surface area is 120 Å². The molecule has 0 aliphatic carbocycles. The number of amides is 1. The summed E-state index contributed by atoms with van der Waals surface area (Å²) in [4.78, 5) is 12.6. The van der Waals surface area contributed by atoms with Crippen molar-refractivity contribution in [3.05, 3.63) is 52.7 Å². The monoisotopic (exact) mass is 291 g/mol. The number of thiocarbonyl (C=S) groups is 1. The van der Waals surface area contributed by atoms with Gasteiger partial charge in [0.1, 0.15) is 0 Å². The Balaban J connectivity index is 1.73. The molecule has 0 saturated carbocycles. The van der Waals surface area contributed by atoms with Crippen LogP contribution in [0.4, 0.5) is 5.69 Å². The van der Waals surface area contributed by atoms with Crippen molar-refractivity contribution >= 4 is 40.3 Å². The topological polar surface area (TPSA) is 53.2 Å². The zero-order chi connectivity index (χ0) is 13.5. The Kier molecular flexibility index (Phi) is 4.88. The van der Waals surface area contributed by atoms with E-state index in [9.17, 15) is 4.79 Å². The minimum atomic E-state index is -0.125. The van der Waals surface area contributed by atoms with Crippen LogP contribution in [-0.4, -0.2) is 11.0 Å². The number of hydrogen-bond donors (Lipinski definition) is 3. The Morgan fingerprint density at radius 1 is 1.11 bits per heavy atom. The molecule has 0 aliphatic rings. The Morgan fingerprint density at radius 2 is 1.89 bits per heavy atom. The lowest BCUT2D eigenvalue weighted by atomic mass is 10.3. The van der Waals surface area contributed by atoms with Gasteiger partial charge in [-0.05, 0) is 35.8 Å². The van der Waals surface area contributed by atoms with Gasteiger partial charge in [0.15, 0.2) is 5.11 Å². The quantitative estimate of drug-likeness (QED) is 0.600. The maximum atomic E-state index is 11.6. The van der Waals surface area contributed by atoms with Crippen LogP contribution in [0.3, 0.4) is 0 Å². The van der Waals surface area contributed by atoms with E-state index in [-0.39, 0.29) is 5.91 Å². The maximum Gasteiger partial charge on any atom is 0.243 e. The van der Waals surface area contributed by atoms with Crippen molar-refractivity contribution in [1.29, 1.82) is 0 Å². The number of rotatable bonds is 3. The van der Waals surface area contributed by atoms with E-state index in [2.05, 4.69) is 16.2 Å². The first-order chi connectivity index (χ1) is 9.24. The van der Waals surface area contributed by atoms with Crippen LogP contribution in [0.5, 0.6) is 0 Å². The van der Waals surface area contributed by atoms with Gasteiger partial charge < -0.3 is 5.32 Å². The zero-order valence-electron chi connectivity index (χ0n) is 10.1. The fourth-order valence-corrected chi connectivity index (χ4v) is 2.30. The molecule has 0 fully saturated rings. The largest absolute Gasteiger partial charge is 0.331 e. The molecule has 2 rings (SSSR count). The van der Waals surface area contributed by atoms with Crippen LogP contribution in [-0.2, 0) is 11.2 Å². The first kappa shape index (κ1) is 13.5. The van der Waals surface area contributed by atoms with Crippen LogP contribution >= 0.6 is 23.6 Å². The molecular weight excluding hydrogens is 278 g/mol. The third-order valence-electron chi connectivity index (χ3n) is 2.26. The molecule has 98 valence electrons. The van der Waals surface area contributed by atoms with Crippen LogP contribution in [0.25, 0.3) is 0 Å². The third kappa shape index (κ3) is 4.69. The predicted octanol–water partition coefficient (Wildman–Crippen LogP) is 2.31. The number of hydrogen-bond acceptors (Lipinski definition) is 3. The van der Waals surface area contributed by atoms with Gasteiger partial charge in [0, 0.05) is 10.6 Å². The molecule has 19 heavy (non-hydrogen) atoms. The van der Waals surface area contributed by atoms with Gasteiger partial charge in [-0.2, -0.15) is 0 Å². The molecular formula is C13H13N3OS2. The van der Waals surface area contributed by atoms with Gasteiger partial charge in [-0.15, -0.1) is 11.3 Å². The number of hydrazine groups is 1. The first-order valence-electron chi connectivity index (χ1n) is 5.67. The highest BCUT2D eigenvalue weighted by Crippen LogP contribution is 2.08. The molecule has 0 spiro atoms. The van der Waals surface area contributed by atoms with Gasteiger partial charge in [0.2, 0.25) is 5.91 Å². The molecule has 1 aromatic heterocycles. The number of thiophene rings is 1. The van der Waals surface area contributed by atoms with Gasteiger partial charge in [-0.1, -0.05) is 24.3 Å². The second-order valence-corrected chi connectivity index (χ2v) is 5.19. The lowest BCUT2D eigenvalue weighted by Gasteiger charge is -2.11. The Bertz CT molecular complexity index is 540. The van der Waals surface area contributed by atoms with Gasteiger partial charge >= 0.3 is 0 Å². The number of nitrogens with one attached hydrogen (secondary N) is 3. The van der Waals surface area contributed by atoms with Crippen molar-refractivity contribution in [1.82, 2.24) is 10.9 Å². The summed E-state index contributed by atoms with van der Waals surface area (Å²) < 4.78 is 0. The molecule has 6 heteroatoms. The van der Waals surface area contributed by atoms with E-state index < -0.39 is 0 Å². The lowest BCUT2D eigenvalue weighted by Crippen LogP contribution is -2.44. The average Bonchev–Trinajstić information content (AvgIpc) is 2.90. The van der Waals surface area contributed by atoms with Crippen molar-refractivity contribution in [2.45, 2.75) is 6.42 Å². The molecule has 4 nitrogen and oxygen atoms in total. The summed E-state index contributed by atoms with van der Waals surface area (Å²) in [5, 5.41) is 5.26. The van der Waals surface area contributed by atoms with Crippen molar-refractivity contribution < 1.29 is 4.79 Å². The van der Waals surface area contributed by atoms with Crippen LogP contribution in [0.15, 0.2) is 47.8 Å². The molecule has 0 aliphatic heterocycles. The van der Waals surface area contributed by atoms with E-state index in [0.717, 1.165) is 10.6 Å². The summed E-state index contributed by atoms with van der Waals surface area (Å²) in [6.45, 7) is 0. The highest BCUT2D eigenvalue weighted by Gasteiger charge is 2.04. The van der Waals surface area contributed by atoms with Gasteiger partial charge in [0.05, 0.1) is 6.42 Å². The van der Waals surface area contributed by atoms with Gasteiger partial charge in [0.25, 0.3) is 0 Å². The molecule has 1 heterocycles. The van der Waals surface area contributed by atoms with E-state index in [4.69, 9.17) is 12.2 Å². The standard InChI is InChI=1S/C13H13N3OS2/c17-12(9-11-7-4-8-19-11)15-16-13(18)14-10-5-2-1-3-6-10/h1-8H,9H2,(H,15,17)(H2,14,16,18). The summed E-state index contributed by atoms with van der Waals surface area (Å²) in [5.41, 5.74) is 6.09. The van der Waals surface area contributed by atoms with E-state index in [1.165, 1.54) is 0 Å². The zero-order valence-corrected chi connectivity index (χ0v) is 11.7. The summed E-state index contributed by atoms with van der Waals surface area (Å²) in [5.74, 6) is -0.125. The summed E-state index contributed by atoms with van der Waals surface area (Å²) in [7, 11) is 0. The molecule has 0 bridgehead atoms. The minimum absolute atomic E-state index is 0.125. The predicted molar refractivity (Wildman–Crippen MR) is 82.0 cm³/mol. The van der Waals surface area contributed by atoms with E-state index in [1.807, 2.05) is 47.8 Å². The number of carbonyl (C=O) groups is 1. The number of benzene rings is 1. The second-order valence-electron chi connectivity index (χ2n) is 3.75. The molecule has 0 saturated heterocycles. The number of carbonyl (C=O) groups excluding carboxylic acids is 1. The summed E-state index contributed by atoms with van der Waals surface area (Å²) >= 11 is 6.62. The smallest absolute Gasteiger partial charge is 0.243 e. The van der Waals surface area contributed by atoms with Crippen LogP contribution in [0.1, 0.15) is 4.88 Å². The van der Waals surface area contributed by atoms with Crippen LogP contribution < -0.4 is 16.2 Å². The van der Waals surface area contributed by atoms with E-state index in [0.29, 0.717) is 11.5 Å². The third-order valence-corrected chi connectivity index (χ3v) is 3.34. The summed E-state index contributed by atoms with van der Waals surface area (Å²) in [6.07, 6.45) is 0.346. The van der Waals surface area contributed by atoms with Crippen molar-refractivity contribution in [3.63, 3.8) is 0 Å². The number of anilines is 1. The SMILES string of the molecule is O=C(Cc1cccs1)NNC(=S)Nc1ccccc1. The van der Waals surface area contributed by atoms with Crippen LogP contribution in [0.2, 0.25) is 0 Å². The molecule has 3 N–H and O–H groups in total. The maximum absolute atomic E-state index is 11.6. The highest BCUT2D eigenvalue weighted by atomic mass is 32.1. The fraction of sp³-hybridized carbons (Fsp3) is 0.0769. The van der Waals surface area contributed by atoms with Crippen LogP contribution in [0, 0.1) is 0 Å². The van der Waals surface area contributed by atoms with Crippen molar-refractivity contribution in [2.75, 3.05) is 5.32 Å². The minimum Gasteiger partial charge on any atom is -0.331 e. The lowest BCUT2D eigenvalue weighted by molar-refractivity contribution is -0.120. The molecule has 0 atom stereocenters. The fourth-order valence-electron chi connectivity index (χ4n) is 1.43. The normalized spacial score (nSPS) is 9.68. The van der Waals surface area contributed by atoms with E-state index >= 15 is 0 Å². The molecule has 1 aromatic carbocycles. The highest BCUT2D eigenvalue weighted by molar-refractivity contribution is 7.80. The molecule has 1 amide bonds. The van der Waals surface area contributed by atoms with Gasteiger partial charge in [-0.25, -0.2) is 0 Å². The van der Waals surface area contributed by atoms with Crippen molar-refractivity contribution in [3.8, 4) is 0 Å². The molecule has 0 radical (unpaired) electrons. The van der Waals surface area contributed by atoms with Crippen molar-refractivity contribution in [2.24, 2.45) is 0 Å². The Morgan fingerprint density at radius 3 is 2.58 bits per heavy atom. The second kappa shape index (κ2) is 6.86. The van der Waals surface area contributed by atoms with Gasteiger partial charge in [-0.3, -0.25) is 15.6 Å². The number of para-hydroxylation sites is 1. The Hall–Kier alpha value is -1.92. The summed E-state index contributed by atoms with van der Waals surface area (Å²) in [6, 6.07) is 13.3. The van der Waals surface area contributed by atoms with E-state index in [1.54, 1.807) is 11.3 Å². The molecule has 0 unspecified atom stereocenters.